The largest absolute Gasteiger partial charge is 0.315 e. The van der Waals surface area contributed by atoms with E-state index >= 15 is 0 Å². The molecule has 1 aromatic carbocycles. The summed E-state index contributed by atoms with van der Waals surface area (Å²) < 4.78 is 0. The molecule has 1 aromatic rings. The van der Waals surface area contributed by atoms with Crippen molar-refractivity contribution in [2.24, 2.45) is 5.92 Å². The molecule has 0 radical (unpaired) electrons. The maximum Gasteiger partial charge on any atom is 0.0237 e. The van der Waals surface area contributed by atoms with Gasteiger partial charge >= 0.3 is 0 Å². The minimum atomic E-state index is 0.781. The third-order valence-electron chi connectivity index (χ3n) is 3.66. The molecule has 2 atom stereocenters. The first kappa shape index (κ1) is 9.37. The van der Waals surface area contributed by atoms with Gasteiger partial charge in [-0.25, -0.2) is 0 Å². The molecule has 2 fully saturated rings. The molecule has 2 heterocycles. The van der Waals surface area contributed by atoms with Crippen LogP contribution in [-0.2, 0) is 6.54 Å². The van der Waals surface area contributed by atoms with Crippen molar-refractivity contribution >= 4 is 0 Å². The number of benzene rings is 1. The Bertz CT molecular complexity index is 323. The highest BCUT2D eigenvalue weighted by atomic mass is 15.2. The molecule has 2 unspecified atom stereocenters. The van der Waals surface area contributed by atoms with Gasteiger partial charge in [-0.3, -0.25) is 4.90 Å². The standard InChI is InChI=1S/C13H18N2/c1-2-4-11(5-3-1)9-15-10-12-6-13(15)8-14-7-12/h1-5,12-14H,6-10H2. The number of likely N-dealkylation sites (tertiary alicyclic amines) is 1. The van der Waals surface area contributed by atoms with E-state index in [-0.39, 0.29) is 0 Å². The minimum Gasteiger partial charge on any atom is -0.315 e. The van der Waals surface area contributed by atoms with Gasteiger partial charge in [0.1, 0.15) is 0 Å². The van der Waals surface area contributed by atoms with Crippen LogP contribution in [0, 0.1) is 5.92 Å². The van der Waals surface area contributed by atoms with Gasteiger partial charge in [-0.2, -0.15) is 0 Å². The van der Waals surface area contributed by atoms with E-state index in [4.69, 9.17) is 0 Å². The monoisotopic (exact) mass is 202 g/mol. The summed E-state index contributed by atoms with van der Waals surface area (Å²) in [5, 5.41) is 3.52. The predicted molar refractivity (Wildman–Crippen MR) is 61.6 cm³/mol. The molecule has 80 valence electrons. The molecule has 15 heavy (non-hydrogen) atoms. The van der Waals surface area contributed by atoms with Crippen molar-refractivity contribution in [3.05, 3.63) is 35.9 Å². The molecule has 0 amide bonds. The topological polar surface area (TPSA) is 15.3 Å². The van der Waals surface area contributed by atoms with Crippen molar-refractivity contribution < 1.29 is 0 Å². The predicted octanol–water partition coefficient (Wildman–Crippen LogP) is 1.48. The summed E-state index contributed by atoms with van der Waals surface area (Å²) in [6.45, 7) is 4.82. The van der Waals surface area contributed by atoms with Crippen LogP contribution in [0.3, 0.4) is 0 Å². The van der Waals surface area contributed by atoms with Gasteiger partial charge in [-0.1, -0.05) is 30.3 Å². The van der Waals surface area contributed by atoms with Crippen LogP contribution < -0.4 is 5.32 Å². The summed E-state index contributed by atoms with van der Waals surface area (Å²) in [5.74, 6) is 0.896. The van der Waals surface area contributed by atoms with Crippen molar-refractivity contribution in [1.82, 2.24) is 10.2 Å². The number of hydrogen-bond donors (Lipinski definition) is 1. The summed E-state index contributed by atoms with van der Waals surface area (Å²) >= 11 is 0. The highest BCUT2D eigenvalue weighted by Crippen LogP contribution is 2.26. The van der Waals surface area contributed by atoms with Crippen LogP contribution in [0.4, 0.5) is 0 Å². The molecule has 2 nitrogen and oxygen atoms in total. The second-order valence-corrected chi connectivity index (χ2v) is 4.83. The number of nitrogens with one attached hydrogen (secondary N) is 1. The molecule has 2 saturated heterocycles. The Morgan fingerprint density at radius 3 is 2.87 bits per heavy atom. The van der Waals surface area contributed by atoms with E-state index in [0.29, 0.717) is 0 Å². The summed E-state index contributed by atoms with van der Waals surface area (Å²) in [5.41, 5.74) is 1.45. The molecular formula is C13H18N2. The summed E-state index contributed by atoms with van der Waals surface area (Å²) in [7, 11) is 0. The fraction of sp³-hybridized carbons (Fsp3) is 0.538. The first-order valence-electron chi connectivity index (χ1n) is 5.90. The van der Waals surface area contributed by atoms with E-state index in [1.54, 1.807) is 0 Å². The van der Waals surface area contributed by atoms with Gasteiger partial charge in [0, 0.05) is 25.7 Å². The molecule has 3 rings (SSSR count). The summed E-state index contributed by atoms with van der Waals surface area (Å²) in [4.78, 5) is 2.64. The van der Waals surface area contributed by atoms with Crippen LogP contribution in [0.5, 0.6) is 0 Å². The third kappa shape index (κ3) is 1.92. The van der Waals surface area contributed by atoms with Gasteiger partial charge in [0.25, 0.3) is 0 Å². The van der Waals surface area contributed by atoms with E-state index in [1.165, 1.54) is 31.6 Å². The molecule has 0 saturated carbocycles. The van der Waals surface area contributed by atoms with Gasteiger partial charge in [0.05, 0.1) is 0 Å². The van der Waals surface area contributed by atoms with Crippen molar-refractivity contribution in [3.8, 4) is 0 Å². The number of piperidine rings is 1. The molecule has 0 aromatic heterocycles. The Labute approximate surface area is 91.3 Å². The van der Waals surface area contributed by atoms with Crippen molar-refractivity contribution in [2.45, 2.75) is 19.0 Å². The number of hydrogen-bond acceptors (Lipinski definition) is 2. The Morgan fingerprint density at radius 2 is 2.07 bits per heavy atom. The second-order valence-electron chi connectivity index (χ2n) is 4.83. The second kappa shape index (κ2) is 3.95. The van der Waals surface area contributed by atoms with Crippen LogP contribution in [0.15, 0.2) is 30.3 Å². The van der Waals surface area contributed by atoms with Crippen molar-refractivity contribution in [2.75, 3.05) is 19.6 Å². The molecule has 0 spiro atoms. The van der Waals surface area contributed by atoms with E-state index in [9.17, 15) is 0 Å². The SMILES string of the molecule is c1ccc(CN2CC3CNCC2C3)cc1. The summed E-state index contributed by atoms with van der Waals surface area (Å²) in [6, 6.07) is 11.6. The van der Waals surface area contributed by atoms with Gasteiger partial charge in [0.2, 0.25) is 0 Å². The van der Waals surface area contributed by atoms with E-state index in [0.717, 1.165) is 18.5 Å². The van der Waals surface area contributed by atoms with Crippen LogP contribution in [0.25, 0.3) is 0 Å². The maximum atomic E-state index is 3.52. The lowest BCUT2D eigenvalue weighted by atomic mass is 10.0. The average Bonchev–Trinajstić information content (AvgIpc) is 2.55. The first-order valence-corrected chi connectivity index (χ1v) is 5.90. The van der Waals surface area contributed by atoms with Gasteiger partial charge in [0.15, 0.2) is 0 Å². The zero-order chi connectivity index (χ0) is 10.1. The average molecular weight is 202 g/mol. The molecule has 2 bridgehead atoms. The molecule has 2 heteroatoms. The lowest BCUT2D eigenvalue weighted by molar-refractivity contribution is 0.246. The van der Waals surface area contributed by atoms with Gasteiger partial charge < -0.3 is 5.32 Å². The zero-order valence-corrected chi connectivity index (χ0v) is 9.02. The Hall–Kier alpha value is -0.860. The smallest absolute Gasteiger partial charge is 0.0237 e. The molecule has 2 aliphatic heterocycles. The highest BCUT2D eigenvalue weighted by molar-refractivity contribution is 5.15. The van der Waals surface area contributed by atoms with E-state index in [1.807, 2.05) is 0 Å². The Morgan fingerprint density at radius 1 is 1.20 bits per heavy atom. The number of nitrogens with zero attached hydrogens (tertiary/aromatic N) is 1. The quantitative estimate of drug-likeness (QED) is 0.781. The highest BCUT2D eigenvalue weighted by Gasteiger charge is 2.34. The van der Waals surface area contributed by atoms with Crippen molar-refractivity contribution in [1.29, 1.82) is 0 Å². The lowest BCUT2D eigenvalue weighted by Crippen LogP contribution is -2.38. The third-order valence-corrected chi connectivity index (χ3v) is 3.66. The fourth-order valence-electron chi connectivity index (χ4n) is 2.92. The van der Waals surface area contributed by atoms with E-state index < -0.39 is 0 Å². The molecular weight excluding hydrogens is 184 g/mol. The van der Waals surface area contributed by atoms with Crippen LogP contribution in [0.2, 0.25) is 0 Å². The molecule has 1 N–H and O–H groups in total. The van der Waals surface area contributed by atoms with Crippen LogP contribution in [-0.4, -0.2) is 30.6 Å². The fourth-order valence-corrected chi connectivity index (χ4v) is 2.92. The Kier molecular flexibility index (Phi) is 2.47. The normalized spacial score (nSPS) is 30.7. The number of fused-ring (bicyclic) bond motifs is 2. The molecule has 2 aliphatic rings. The van der Waals surface area contributed by atoms with E-state index in [2.05, 4.69) is 40.5 Å². The zero-order valence-electron chi connectivity index (χ0n) is 9.02. The minimum absolute atomic E-state index is 0.781. The van der Waals surface area contributed by atoms with Gasteiger partial charge in [-0.05, 0) is 24.4 Å². The van der Waals surface area contributed by atoms with Crippen molar-refractivity contribution in [3.63, 3.8) is 0 Å². The Balaban J connectivity index is 1.69. The first-order chi connectivity index (χ1) is 7.42. The number of rotatable bonds is 2. The van der Waals surface area contributed by atoms with Gasteiger partial charge in [-0.15, -0.1) is 0 Å². The molecule has 0 aliphatic carbocycles. The van der Waals surface area contributed by atoms with Crippen LogP contribution >= 0.6 is 0 Å². The van der Waals surface area contributed by atoms with Crippen LogP contribution in [0.1, 0.15) is 12.0 Å². The lowest BCUT2D eigenvalue weighted by Gasteiger charge is -2.24. The maximum absolute atomic E-state index is 3.52. The summed E-state index contributed by atoms with van der Waals surface area (Å²) in [6.07, 6.45) is 1.40.